The first kappa shape index (κ1) is 15.7. The largest absolute Gasteiger partial charge is 0.355 e. The van der Waals surface area contributed by atoms with E-state index in [1.165, 1.54) is 5.57 Å². The topological polar surface area (TPSA) is 59.3 Å². The molecule has 2 aromatic rings. The Bertz CT molecular complexity index is 755. The third kappa shape index (κ3) is 3.00. The van der Waals surface area contributed by atoms with Crippen LogP contribution in [0.4, 0.5) is 0 Å². The molecule has 0 aromatic carbocycles. The molecule has 2 atom stereocenters. The van der Waals surface area contributed by atoms with Crippen molar-refractivity contribution in [3.8, 4) is 0 Å². The highest BCUT2D eigenvalue weighted by Gasteiger charge is 2.60. The Balaban J connectivity index is 1.57. The number of amides is 1. The summed E-state index contributed by atoms with van der Waals surface area (Å²) in [5.41, 5.74) is 2.16. The zero-order valence-corrected chi connectivity index (χ0v) is 14.2. The number of nitrogens with zero attached hydrogens (tertiary/aromatic N) is 3. The minimum absolute atomic E-state index is 0.0584. The lowest BCUT2D eigenvalue weighted by molar-refractivity contribution is -0.123. The van der Waals surface area contributed by atoms with Gasteiger partial charge in [0.1, 0.15) is 5.82 Å². The molecule has 0 bridgehead atoms. The lowest BCUT2D eigenvalue weighted by Gasteiger charge is -2.05. The van der Waals surface area contributed by atoms with Gasteiger partial charge in [0, 0.05) is 19.2 Å². The molecule has 1 saturated carbocycles. The molecule has 0 radical (unpaired) electrons. The fourth-order valence-electron chi connectivity index (χ4n) is 3.32. The van der Waals surface area contributed by atoms with Crippen LogP contribution in [0.1, 0.15) is 33.5 Å². The Kier molecular flexibility index (Phi) is 3.96. The average Bonchev–Trinajstić information content (AvgIpc) is 2.84. The van der Waals surface area contributed by atoms with Crippen LogP contribution in [0.2, 0.25) is 0 Å². The number of pyridine rings is 1. The van der Waals surface area contributed by atoms with Crippen molar-refractivity contribution in [2.75, 3.05) is 6.54 Å². The zero-order valence-electron chi connectivity index (χ0n) is 14.2. The molecule has 0 unspecified atom stereocenters. The summed E-state index contributed by atoms with van der Waals surface area (Å²) in [6.45, 7) is 9.07. The summed E-state index contributed by atoms with van der Waals surface area (Å²) in [7, 11) is 0. The molecular formula is C18H24N4O. The molecule has 0 aliphatic heterocycles. The summed E-state index contributed by atoms with van der Waals surface area (Å²) in [4.78, 5) is 12.4. The van der Waals surface area contributed by atoms with E-state index in [0.29, 0.717) is 18.9 Å². The highest BCUT2D eigenvalue weighted by molar-refractivity contribution is 5.83. The maximum Gasteiger partial charge on any atom is 0.224 e. The Morgan fingerprint density at radius 3 is 2.87 bits per heavy atom. The van der Waals surface area contributed by atoms with Gasteiger partial charge < -0.3 is 5.32 Å². The minimum atomic E-state index is 0.0584. The standard InChI is InChI=1S/C18H24N4O/c1-12(2)11-13-16(18(13,3)4)17(23)19-9-8-15-21-20-14-7-5-6-10-22(14)15/h5-7,10-11,13,16H,8-9H2,1-4H3,(H,19,23)/t13-,16-/m0/s1. The van der Waals surface area contributed by atoms with Crippen molar-refractivity contribution >= 4 is 11.6 Å². The van der Waals surface area contributed by atoms with Crippen LogP contribution in [-0.4, -0.2) is 27.0 Å². The SMILES string of the molecule is CC(C)=C[C@H]1[C@@H](C(=O)NCCc2nnc3ccccn23)C1(C)C. The normalized spacial score (nSPS) is 21.9. The Labute approximate surface area is 136 Å². The van der Waals surface area contributed by atoms with Gasteiger partial charge in [0.25, 0.3) is 0 Å². The van der Waals surface area contributed by atoms with Gasteiger partial charge in [0.05, 0.1) is 5.92 Å². The van der Waals surface area contributed by atoms with E-state index < -0.39 is 0 Å². The summed E-state index contributed by atoms with van der Waals surface area (Å²) in [5.74, 6) is 1.44. The van der Waals surface area contributed by atoms with Crippen molar-refractivity contribution in [3.05, 3.63) is 41.9 Å². The van der Waals surface area contributed by atoms with Crippen LogP contribution in [-0.2, 0) is 11.2 Å². The molecule has 1 aliphatic rings. The predicted octanol–water partition coefficient (Wildman–Crippen LogP) is 2.63. The van der Waals surface area contributed by atoms with Crippen LogP contribution in [0.15, 0.2) is 36.0 Å². The average molecular weight is 312 g/mol. The van der Waals surface area contributed by atoms with Gasteiger partial charge in [-0.1, -0.05) is 31.6 Å². The monoisotopic (exact) mass is 312 g/mol. The Hall–Kier alpha value is -2.17. The van der Waals surface area contributed by atoms with Crippen LogP contribution < -0.4 is 5.32 Å². The van der Waals surface area contributed by atoms with Crippen LogP contribution in [0.25, 0.3) is 5.65 Å². The summed E-state index contributed by atoms with van der Waals surface area (Å²) in [6.07, 6.45) is 4.84. The number of fused-ring (bicyclic) bond motifs is 1. The minimum Gasteiger partial charge on any atom is -0.355 e. The molecule has 0 spiro atoms. The summed E-state index contributed by atoms with van der Waals surface area (Å²) < 4.78 is 1.96. The van der Waals surface area contributed by atoms with Crippen molar-refractivity contribution in [2.24, 2.45) is 17.3 Å². The maximum absolute atomic E-state index is 12.4. The van der Waals surface area contributed by atoms with Crippen LogP contribution in [0.3, 0.4) is 0 Å². The van der Waals surface area contributed by atoms with E-state index in [9.17, 15) is 4.79 Å². The summed E-state index contributed by atoms with van der Waals surface area (Å²) in [5, 5.41) is 11.4. The second-order valence-electron chi connectivity index (χ2n) is 7.15. The fourth-order valence-corrected chi connectivity index (χ4v) is 3.32. The van der Waals surface area contributed by atoms with Crippen molar-refractivity contribution in [1.29, 1.82) is 0 Å². The van der Waals surface area contributed by atoms with Gasteiger partial charge >= 0.3 is 0 Å². The smallest absolute Gasteiger partial charge is 0.224 e. The van der Waals surface area contributed by atoms with Gasteiger partial charge in [-0.05, 0) is 37.3 Å². The molecule has 3 rings (SSSR count). The molecule has 23 heavy (non-hydrogen) atoms. The van der Waals surface area contributed by atoms with E-state index in [4.69, 9.17) is 0 Å². The van der Waals surface area contributed by atoms with Crippen molar-refractivity contribution in [2.45, 2.75) is 34.1 Å². The summed E-state index contributed by atoms with van der Waals surface area (Å²) >= 11 is 0. The van der Waals surface area contributed by atoms with E-state index in [2.05, 4.69) is 49.3 Å². The maximum atomic E-state index is 12.4. The molecule has 1 N–H and O–H groups in total. The molecule has 0 saturated heterocycles. The van der Waals surface area contributed by atoms with E-state index in [0.717, 1.165) is 11.5 Å². The van der Waals surface area contributed by atoms with Crippen LogP contribution in [0, 0.1) is 17.3 Å². The lowest BCUT2D eigenvalue weighted by atomic mass is 10.1. The number of carbonyl (C=O) groups is 1. The zero-order chi connectivity index (χ0) is 16.6. The number of nitrogens with one attached hydrogen (secondary N) is 1. The van der Waals surface area contributed by atoms with Crippen molar-refractivity contribution in [3.63, 3.8) is 0 Å². The lowest BCUT2D eigenvalue weighted by Crippen LogP contribution is -2.29. The molecule has 122 valence electrons. The number of hydrogen-bond donors (Lipinski definition) is 1. The number of allylic oxidation sites excluding steroid dienone is 2. The summed E-state index contributed by atoms with van der Waals surface area (Å²) in [6, 6.07) is 5.81. The second-order valence-corrected chi connectivity index (χ2v) is 7.15. The number of carbonyl (C=O) groups excluding carboxylic acids is 1. The molecule has 1 amide bonds. The number of aromatic nitrogens is 3. The third-order valence-corrected chi connectivity index (χ3v) is 4.74. The van der Waals surface area contributed by atoms with Gasteiger partial charge in [-0.2, -0.15) is 0 Å². The number of hydrogen-bond acceptors (Lipinski definition) is 3. The highest BCUT2D eigenvalue weighted by atomic mass is 16.2. The van der Waals surface area contributed by atoms with Gasteiger partial charge in [0.2, 0.25) is 5.91 Å². The first-order valence-electron chi connectivity index (χ1n) is 8.12. The van der Waals surface area contributed by atoms with E-state index in [-0.39, 0.29) is 17.2 Å². The second kappa shape index (κ2) is 5.80. The predicted molar refractivity (Wildman–Crippen MR) is 89.9 cm³/mol. The molecule has 5 nitrogen and oxygen atoms in total. The molecule has 1 fully saturated rings. The molecule has 1 aliphatic carbocycles. The Morgan fingerprint density at radius 1 is 1.35 bits per heavy atom. The fraction of sp³-hybridized carbons (Fsp3) is 0.500. The van der Waals surface area contributed by atoms with Gasteiger partial charge in [-0.3, -0.25) is 9.20 Å². The van der Waals surface area contributed by atoms with E-state index in [1.54, 1.807) is 0 Å². The van der Waals surface area contributed by atoms with Gasteiger partial charge in [-0.25, -0.2) is 0 Å². The first-order valence-corrected chi connectivity index (χ1v) is 8.12. The van der Waals surface area contributed by atoms with Gasteiger partial charge in [-0.15, -0.1) is 10.2 Å². The van der Waals surface area contributed by atoms with Crippen LogP contribution >= 0.6 is 0 Å². The Morgan fingerprint density at radius 2 is 2.13 bits per heavy atom. The third-order valence-electron chi connectivity index (χ3n) is 4.74. The number of rotatable bonds is 5. The molecule has 2 aromatic heterocycles. The van der Waals surface area contributed by atoms with Crippen molar-refractivity contribution in [1.82, 2.24) is 19.9 Å². The molecule has 2 heterocycles. The van der Waals surface area contributed by atoms with Crippen LogP contribution in [0.5, 0.6) is 0 Å². The van der Waals surface area contributed by atoms with Crippen molar-refractivity contribution < 1.29 is 4.79 Å². The van der Waals surface area contributed by atoms with E-state index >= 15 is 0 Å². The quantitative estimate of drug-likeness (QED) is 0.863. The van der Waals surface area contributed by atoms with Gasteiger partial charge in [0.15, 0.2) is 5.65 Å². The van der Waals surface area contributed by atoms with E-state index in [1.807, 2.05) is 28.8 Å². The highest BCUT2D eigenvalue weighted by Crippen LogP contribution is 2.59. The molecule has 5 heteroatoms. The molecular weight excluding hydrogens is 288 g/mol. The first-order chi connectivity index (χ1) is 10.9.